The Labute approximate surface area is 106 Å². The van der Waals surface area contributed by atoms with Gasteiger partial charge in [0, 0.05) is 12.6 Å². The predicted molar refractivity (Wildman–Crippen MR) is 66.1 cm³/mol. The number of hydrogen-bond acceptors (Lipinski definition) is 6. The fraction of sp³-hybridized carbons (Fsp3) is 0.636. The zero-order valence-electron chi connectivity index (χ0n) is 10.7. The summed E-state index contributed by atoms with van der Waals surface area (Å²) < 4.78 is 4.63. The lowest BCUT2D eigenvalue weighted by molar-refractivity contribution is -0.131. The number of nitrogens with zero attached hydrogens (tertiary/aromatic N) is 1. The maximum absolute atomic E-state index is 9.51. The first-order chi connectivity index (χ1) is 8.60. The number of rotatable bonds is 6. The number of aliphatic hydroxyl groups is 2. The van der Waals surface area contributed by atoms with Gasteiger partial charge in [-0.1, -0.05) is 6.08 Å². The van der Waals surface area contributed by atoms with E-state index < -0.39 is 5.97 Å². The molecule has 18 heavy (non-hydrogen) atoms. The molecule has 0 aromatic carbocycles. The van der Waals surface area contributed by atoms with Crippen LogP contribution in [0.2, 0.25) is 0 Å². The SMILES string of the molecule is C/C=C/C(=O)O.CCN=C=O.OCCOCCO. The first-order valence-electron chi connectivity index (χ1n) is 5.29. The first kappa shape index (κ1) is 21.7. The number of ether oxygens (including phenoxy) is 1. The topological polar surface area (TPSA) is 116 Å². The van der Waals surface area contributed by atoms with Crippen LogP contribution in [0.1, 0.15) is 13.8 Å². The van der Waals surface area contributed by atoms with E-state index in [1.807, 2.05) is 0 Å². The molecule has 0 aliphatic carbocycles. The maximum atomic E-state index is 9.51. The first-order valence-corrected chi connectivity index (χ1v) is 5.29. The molecule has 0 saturated carbocycles. The quantitative estimate of drug-likeness (QED) is 0.268. The fourth-order valence-corrected chi connectivity index (χ4v) is 0.438. The third-order valence-corrected chi connectivity index (χ3v) is 1.00. The van der Waals surface area contributed by atoms with Crippen molar-refractivity contribution >= 4 is 12.0 Å². The van der Waals surface area contributed by atoms with Crippen molar-refractivity contribution in [2.75, 3.05) is 33.0 Å². The number of hydrogen-bond donors (Lipinski definition) is 3. The van der Waals surface area contributed by atoms with Crippen molar-refractivity contribution in [3.05, 3.63) is 12.2 Å². The second-order valence-corrected chi connectivity index (χ2v) is 2.46. The van der Waals surface area contributed by atoms with Crippen molar-refractivity contribution in [3.63, 3.8) is 0 Å². The number of aliphatic carboxylic acids is 1. The molecule has 0 amide bonds. The van der Waals surface area contributed by atoms with Crippen molar-refractivity contribution in [2.24, 2.45) is 4.99 Å². The number of aliphatic imine (C=N–C) groups is 1. The van der Waals surface area contributed by atoms with Crippen LogP contribution in [-0.2, 0) is 14.3 Å². The van der Waals surface area contributed by atoms with Gasteiger partial charge in [0.1, 0.15) is 0 Å². The summed E-state index contributed by atoms with van der Waals surface area (Å²) in [6.07, 6.45) is 3.95. The van der Waals surface area contributed by atoms with E-state index in [1.165, 1.54) is 12.2 Å². The number of allylic oxidation sites excluding steroid dienone is 1. The minimum Gasteiger partial charge on any atom is -0.478 e. The largest absolute Gasteiger partial charge is 0.478 e. The van der Waals surface area contributed by atoms with Crippen LogP contribution in [0.15, 0.2) is 17.1 Å². The summed E-state index contributed by atoms with van der Waals surface area (Å²) >= 11 is 0. The number of carboxylic acids is 1. The van der Waals surface area contributed by atoms with Gasteiger partial charge in [-0.3, -0.25) is 0 Å². The van der Waals surface area contributed by atoms with E-state index in [0.29, 0.717) is 19.8 Å². The Bertz CT molecular complexity index is 232. The predicted octanol–water partition coefficient (Wildman–Crippen LogP) is -0.0232. The van der Waals surface area contributed by atoms with E-state index in [0.717, 1.165) is 6.08 Å². The number of aliphatic hydroxyl groups excluding tert-OH is 2. The van der Waals surface area contributed by atoms with E-state index >= 15 is 0 Å². The molecule has 0 radical (unpaired) electrons. The molecule has 0 rings (SSSR count). The van der Waals surface area contributed by atoms with Crippen LogP contribution in [0.25, 0.3) is 0 Å². The molecule has 106 valence electrons. The molecule has 0 unspecified atom stereocenters. The molecule has 7 heteroatoms. The Kier molecular flexibility index (Phi) is 29.7. The normalized spacial score (nSPS) is 8.44. The molecule has 0 saturated heterocycles. The Morgan fingerprint density at radius 2 is 1.83 bits per heavy atom. The van der Waals surface area contributed by atoms with Gasteiger partial charge >= 0.3 is 5.97 Å². The molecule has 0 heterocycles. The molecule has 0 aliphatic heterocycles. The molecule has 0 aromatic heterocycles. The third-order valence-electron chi connectivity index (χ3n) is 1.00. The van der Waals surface area contributed by atoms with Crippen molar-refractivity contribution in [3.8, 4) is 0 Å². The highest BCUT2D eigenvalue weighted by Gasteiger charge is 1.79. The van der Waals surface area contributed by atoms with Crippen molar-refractivity contribution in [2.45, 2.75) is 13.8 Å². The molecular formula is C11H21NO6. The van der Waals surface area contributed by atoms with Crippen LogP contribution in [0, 0.1) is 0 Å². The van der Waals surface area contributed by atoms with Crippen LogP contribution in [0.5, 0.6) is 0 Å². The Hall–Kier alpha value is -1.53. The zero-order valence-corrected chi connectivity index (χ0v) is 10.7. The number of carbonyl (C=O) groups is 1. The van der Waals surface area contributed by atoms with Gasteiger partial charge in [0.2, 0.25) is 6.08 Å². The summed E-state index contributed by atoms with van der Waals surface area (Å²) in [5, 5.41) is 24.0. The van der Waals surface area contributed by atoms with E-state index in [1.54, 1.807) is 13.8 Å². The van der Waals surface area contributed by atoms with Gasteiger partial charge in [-0.15, -0.1) is 0 Å². The molecular weight excluding hydrogens is 242 g/mol. The van der Waals surface area contributed by atoms with Gasteiger partial charge in [0.15, 0.2) is 0 Å². The molecule has 0 aliphatic rings. The summed E-state index contributed by atoms with van der Waals surface area (Å²) in [6, 6.07) is 0. The monoisotopic (exact) mass is 263 g/mol. The maximum Gasteiger partial charge on any atom is 0.327 e. The molecule has 0 bridgehead atoms. The van der Waals surface area contributed by atoms with Crippen LogP contribution < -0.4 is 0 Å². The standard InChI is InChI=1S/C4H10O3.C4H6O2.C3H5NO/c5-1-3-7-4-2-6;1-2-3-4(5)6;1-2-4-3-5/h5-6H,1-4H2;2-3H,1H3,(H,5,6);2H2,1H3/b;3-2+;. The molecule has 0 atom stereocenters. The lowest BCUT2D eigenvalue weighted by Gasteiger charge is -1.94. The van der Waals surface area contributed by atoms with Gasteiger partial charge in [-0.25, -0.2) is 14.6 Å². The minimum atomic E-state index is -0.891. The van der Waals surface area contributed by atoms with Crippen molar-refractivity contribution in [1.29, 1.82) is 0 Å². The van der Waals surface area contributed by atoms with Crippen LogP contribution in [0.3, 0.4) is 0 Å². The summed E-state index contributed by atoms with van der Waals surface area (Å²) in [7, 11) is 0. The van der Waals surface area contributed by atoms with Gasteiger partial charge in [0.05, 0.1) is 26.4 Å². The molecule has 0 fully saturated rings. The van der Waals surface area contributed by atoms with Gasteiger partial charge < -0.3 is 20.1 Å². The van der Waals surface area contributed by atoms with Crippen LogP contribution in [-0.4, -0.2) is 60.3 Å². The van der Waals surface area contributed by atoms with E-state index in [4.69, 9.17) is 20.1 Å². The summed E-state index contributed by atoms with van der Waals surface area (Å²) in [6.45, 7) is 4.68. The molecule has 0 aromatic rings. The number of isocyanates is 1. The summed E-state index contributed by atoms with van der Waals surface area (Å²) in [4.78, 5) is 21.8. The number of carboxylic acid groups (broad SMARTS) is 1. The lowest BCUT2D eigenvalue weighted by Crippen LogP contribution is -2.03. The van der Waals surface area contributed by atoms with Gasteiger partial charge in [0.25, 0.3) is 0 Å². The molecule has 7 nitrogen and oxygen atoms in total. The Morgan fingerprint density at radius 1 is 1.33 bits per heavy atom. The van der Waals surface area contributed by atoms with Crippen molar-refractivity contribution < 1.29 is 29.6 Å². The zero-order chi connectivity index (χ0) is 14.6. The molecule has 3 N–H and O–H groups in total. The van der Waals surface area contributed by atoms with Crippen LogP contribution >= 0.6 is 0 Å². The lowest BCUT2D eigenvalue weighted by atomic mass is 10.5. The average molecular weight is 263 g/mol. The second-order valence-electron chi connectivity index (χ2n) is 2.46. The Balaban J connectivity index is -0.000000190. The fourth-order valence-electron chi connectivity index (χ4n) is 0.438. The highest BCUT2D eigenvalue weighted by atomic mass is 16.5. The summed E-state index contributed by atoms with van der Waals surface area (Å²) in [5.41, 5.74) is 0. The van der Waals surface area contributed by atoms with Gasteiger partial charge in [-0.05, 0) is 13.8 Å². The van der Waals surface area contributed by atoms with Crippen LogP contribution in [0.4, 0.5) is 0 Å². The summed E-state index contributed by atoms with van der Waals surface area (Å²) in [5.74, 6) is -0.891. The molecule has 0 spiro atoms. The smallest absolute Gasteiger partial charge is 0.327 e. The number of carbonyl (C=O) groups excluding carboxylic acids is 1. The minimum absolute atomic E-state index is 0.0278. The third kappa shape index (κ3) is 47.1. The highest BCUT2D eigenvalue weighted by molar-refractivity contribution is 5.79. The van der Waals surface area contributed by atoms with E-state index in [2.05, 4.69) is 9.73 Å². The van der Waals surface area contributed by atoms with E-state index in [-0.39, 0.29) is 13.2 Å². The average Bonchev–Trinajstić information content (AvgIpc) is 2.32. The Morgan fingerprint density at radius 3 is 1.94 bits per heavy atom. The highest BCUT2D eigenvalue weighted by Crippen LogP contribution is 1.68. The van der Waals surface area contributed by atoms with Crippen molar-refractivity contribution in [1.82, 2.24) is 0 Å². The second kappa shape index (κ2) is 24.6. The van der Waals surface area contributed by atoms with Gasteiger partial charge in [-0.2, -0.15) is 0 Å². The van der Waals surface area contributed by atoms with E-state index in [9.17, 15) is 4.79 Å².